The average Bonchev–Trinajstić information content (AvgIpc) is 2.77. The number of hydrogen-bond acceptors (Lipinski definition) is 2. The van der Waals surface area contributed by atoms with Crippen LogP contribution in [-0.2, 0) is 10.0 Å². The molecule has 0 spiro atoms. The summed E-state index contributed by atoms with van der Waals surface area (Å²) in [5, 5.41) is 1.38. The van der Waals surface area contributed by atoms with E-state index in [9.17, 15) is 8.42 Å². The smallest absolute Gasteiger partial charge is 0.240 e. The number of benzene rings is 2. The highest BCUT2D eigenvalue weighted by molar-refractivity contribution is 14.1. The Morgan fingerprint density at radius 3 is 2.45 bits per heavy atom. The topological polar surface area (TPSA) is 39.1 Å². The maximum Gasteiger partial charge on any atom is 0.268 e. The van der Waals surface area contributed by atoms with Gasteiger partial charge in [0.2, 0.25) is 0 Å². The monoisotopic (exact) mass is 417 g/mol. The molecule has 0 atom stereocenters. The molecule has 0 saturated heterocycles. The lowest BCUT2D eigenvalue weighted by atomic mass is 10.2. The summed E-state index contributed by atoms with van der Waals surface area (Å²) >= 11 is 8.11. The van der Waals surface area contributed by atoms with E-state index in [1.165, 1.54) is 3.97 Å². The van der Waals surface area contributed by atoms with Crippen LogP contribution in [0, 0.1) is 3.57 Å². The Bertz CT molecular complexity index is 888. The van der Waals surface area contributed by atoms with Crippen LogP contribution in [0.3, 0.4) is 0 Å². The van der Waals surface area contributed by atoms with Crippen LogP contribution in [0.25, 0.3) is 10.9 Å². The van der Waals surface area contributed by atoms with Crippen LogP contribution in [0.5, 0.6) is 0 Å². The molecule has 3 aromatic rings. The van der Waals surface area contributed by atoms with Crippen molar-refractivity contribution in [3.05, 3.63) is 63.3 Å². The van der Waals surface area contributed by atoms with E-state index in [4.69, 9.17) is 11.6 Å². The van der Waals surface area contributed by atoms with Crippen LogP contribution in [0.2, 0.25) is 5.02 Å². The Labute approximate surface area is 135 Å². The lowest BCUT2D eigenvalue weighted by molar-refractivity contribution is 0.589. The molecule has 1 aromatic heterocycles. The molecule has 1 heterocycles. The van der Waals surface area contributed by atoms with Crippen molar-refractivity contribution in [1.29, 1.82) is 0 Å². The van der Waals surface area contributed by atoms with Gasteiger partial charge in [0, 0.05) is 20.2 Å². The Morgan fingerprint density at radius 2 is 1.75 bits per heavy atom. The highest BCUT2D eigenvalue weighted by atomic mass is 127. The van der Waals surface area contributed by atoms with Crippen LogP contribution >= 0.6 is 34.2 Å². The summed E-state index contributed by atoms with van der Waals surface area (Å²) in [5.41, 5.74) is 0.589. The van der Waals surface area contributed by atoms with E-state index in [0.717, 1.165) is 8.96 Å². The highest BCUT2D eigenvalue weighted by Gasteiger charge is 2.20. The summed E-state index contributed by atoms with van der Waals surface area (Å²) in [4.78, 5) is 0.258. The fraction of sp³-hybridized carbons (Fsp3) is 0. The molecule has 0 fully saturated rings. The molecule has 0 saturated carbocycles. The Morgan fingerprint density at radius 1 is 1.05 bits per heavy atom. The first kappa shape index (κ1) is 13.9. The molecular formula is C14H9ClINO2S. The van der Waals surface area contributed by atoms with Gasteiger partial charge < -0.3 is 0 Å². The minimum absolute atomic E-state index is 0.258. The Hall–Kier alpha value is -1.05. The van der Waals surface area contributed by atoms with Gasteiger partial charge in [0.15, 0.2) is 0 Å². The quantitative estimate of drug-likeness (QED) is 0.588. The normalized spacial score (nSPS) is 11.9. The van der Waals surface area contributed by atoms with E-state index in [1.54, 1.807) is 48.7 Å². The Kier molecular flexibility index (Phi) is 3.51. The van der Waals surface area contributed by atoms with Gasteiger partial charge in [0.25, 0.3) is 10.0 Å². The fourth-order valence-corrected chi connectivity index (χ4v) is 4.51. The zero-order valence-electron chi connectivity index (χ0n) is 10.1. The van der Waals surface area contributed by atoms with E-state index < -0.39 is 10.0 Å². The first-order valence-corrected chi connectivity index (χ1v) is 8.66. The average molecular weight is 418 g/mol. The van der Waals surface area contributed by atoms with Gasteiger partial charge in [0.1, 0.15) is 0 Å². The molecule has 0 unspecified atom stereocenters. The number of nitrogens with zero attached hydrogens (tertiary/aromatic N) is 1. The van der Waals surface area contributed by atoms with E-state index in [2.05, 4.69) is 22.6 Å². The van der Waals surface area contributed by atoms with Gasteiger partial charge in [-0.3, -0.25) is 0 Å². The molecule has 6 heteroatoms. The number of aromatic nitrogens is 1. The van der Waals surface area contributed by atoms with Crippen molar-refractivity contribution < 1.29 is 8.42 Å². The first-order valence-electron chi connectivity index (χ1n) is 5.77. The van der Waals surface area contributed by atoms with Gasteiger partial charge >= 0.3 is 0 Å². The highest BCUT2D eigenvalue weighted by Crippen LogP contribution is 2.29. The SMILES string of the molecule is O=S(=O)(c1ccccc1)n1cc(I)c2ccc(Cl)cc21. The fourth-order valence-electron chi connectivity index (χ4n) is 2.04. The first-order chi connectivity index (χ1) is 9.50. The predicted octanol–water partition coefficient (Wildman–Crippen LogP) is 4.14. The molecule has 0 aliphatic heterocycles. The third kappa shape index (κ3) is 2.23. The second-order valence-electron chi connectivity index (χ2n) is 4.25. The molecule has 3 nitrogen and oxygen atoms in total. The standard InChI is InChI=1S/C14H9ClINO2S/c15-10-6-7-12-13(16)9-17(14(12)8-10)20(18,19)11-4-2-1-3-5-11/h1-9H. The molecule has 0 aliphatic carbocycles. The summed E-state index contributed by atoms with van der Waals surface area (Å²) in [7, 11) is -3.61. The molecule has 20 heavy (non-hydrogen) atoms. The number of rotatable bonds is 2. The van der Waals surface area contributed by atoms with Gasteiger partial charge in [-0.15, -0.1) is 0 Å². The molecule has 0 N–H and O–H groups in total. The van der Waals surface area contributed by atoms with Crippen molar-refractivity contribution in [2.24, 2.45) is 0 Å². The van der Waals surface area contributed by atoms with Crippen molar-refractivity contribution in [2.75, 3.05) is 0 Å². The maximum atomic E-state index is 12.7. The van der Waals surface area contributed by atoms with E-state index in [0.29, 0.717) is 10.5 Å². The van der Waals surface area contributed by atoms with Crippen LogP contribution < -0.4 is 0 Å². The molecule has 0 aliphatic rings. The minimum Gasteiger partial charge on any atom is -0.240 e. The minimum atomic E-state index is -3.61. The van der Waals surface area contributed by atoms with Crippen molar-refractivity contribution in [3.8, 4) is 0 Å². The zero-order valence-corrected chi connectivity index (χ0v) is 13.9. The summed E-state index contributed by atoms with van der Waals surface area (Å²) in [6, 6.07) is 13.6. The second-order valence-corrected chi connectivity index (χ2v) is 7.67. The summed E-state index contributed by atoms with van der Waals surface area (Å²) in [6.07, 6.45) is 1.61. The van der Waals surface area contributed by atoms with Gasteiger partial charge in [0.05, 0.1) is 10.4 Å². The predicted molar refractivity (Wildman–Crippen MR) is 88.7 cm³/mol. The molecule has 0 radical (unpaired) electrons. The zero-order chi connectivity index (χ0) is 14.3. The maximum absolute atomic E-state index is 12.7. The number of fused-ring (bicyclic) bond motifs is 1. The molecular weight excluding hydrogens is 409 g/mol. The van der Waals surface area contributed by atoms with Gasteiger partial charge in [-0.05, 0) is 46.9 Å². The van der Waals surface area contributed by atoms with Gasteiger partial charge in [-0.25, -0.2) is 12.4 Å². The number of halogens is 2. The largest absolute Gasteiger partial charge is 0.268 e. The summed E-state index contributed by atoms with van der Waals surface area (Å²) in [6.45, 7) is 0. The summed E-state index contributed by atoms with van der Waals surface area (Å²) < 4.78 is 27.5. The second kappa shape index (κ2) is 5.05. The lowest BCUT2D eigenvalue weighted by Gasteiger charge is -2.07. The van der Waals surface area contributed by atoms with Crippen molar-refractivity contribution in [2.45, 2.75) is 4.90 Å². The van der Waals surface area contributed by atoms with Crippen LogP contribution in [0.1, 0.15) is 0 Å². The molecule has 102 valence electrons. The van der Waals surface area contributed by atoms with E-state index >= 15 is 0 Å². The lowest BCUT2D eigenvalue weighted by Crippen LogP contribution is -2.11. The van der Waals surface area contributed by atoms with Crippen molar-refractivity contribution >= 4 is 55.1 Å². The number of hydrogen-bond donors (Lipinski definition) is 0. The third-order valence-corrected chi connectivity index (χ3v) is 5.77. The van der Waals surface area contributed by atoms with Crippen molar-refractivity contribution in [3.63, 3.8) is 0 Å². The molecule has 0 amide bonds. The van der Waals surface area contributed by atoms with Gasteiger partial charge in [-0.2, -0.15) is 0 Å². The Balaban J connectivity index is 2.33. The summed E-state index contributed by atoms with van der Waals surface area (Å²) in [5.74, 6) is 0. The molecule has 2 aromatic carbocycles. The molecule has 3 rings (SSSR count). The van der Waals surface area contributed by atoms with Gasteiger partial charge in [-0.1, -0.05) is 35.9 Å². The van der Waals surface area contributed by atoms with Crippen LogP contribution in [-0.4, -0.2) is 12.4 Å². The third-order valence-electron chi connectivity index (χ3n) is 2.99. The molecule has 0 bridgehead atoms. The van der Waals surface area contributed by atoms with E-state index in [-0.39, 0.29) is 4.90 Å². The van der Waals surface area contributed by atoms with Crippen LogP contribution in [0.4, 0.5) is 0 Å². The van der Waals surface area contributed by atoms with Crippen molar-refractivity contribution in [1.82, 2.24) is 3.97 Å². The van der Waals surface area contributed by atoms with Crippen LogP contribution in [0.15, 0.2) is 59.6 Å². The van der Waals surface area contributed by atoms with E-state index in [1.807, 2.05) is 6.07 Å².